The number of rotatable bonds is 0. The van der Waals surface area contributed by atoms with Gasteiger partial charge >= 0.3 is 0 Å². The molecule has 2 N–H and O–H groups in total. The number of aromatic amines is 1. The highest BCUT2D eigenvalue weighted by Gasteiger charge is 2.74. The minimum atomic E-state index is -0.801. The van der Waals surface area contributed by atoms with Crippen LogP contribution >= 0.6 is 0 Å². The standard InChI is InChI=1S/C22H25N3O2/c1-12-8-9-25-19(27)21-10-14-13-6-4-5-7-15(13)23-17(14)20(2,3)16(21)11-22(12,25)18(26)24-21/h4-7,12,16,23H,8-11H2,1-3H3,(H,24,26)/t12-,16+,21-,22+/m0/s1. The number of aromatic nitrogens is 1. The predicted octanol–water partition coefficient (Wildman–Crippen LogP) is 2.50. The molecule has 4 fully saturated rings. The van der Waals surface area contributed by atoms with Gasteiger partial charge in [0.1, 0.15) is 11.1 Å². The lowest BCUT2D eigenvalue weighted by molar-refractivity contribution is -0.182. The predicted molar refractivity (Wildman–Crippen MR) is 102 cm³/mol. The third-order valence-electron chi connectivity index (χ3n) is 8.33. The molecule has 0 radical (unpaired) electrons. The largest absolute Gasteiger partial charge is 0.358 e. The van der Waals surface area contributed by atoms with Gasteiger partial charge in [0.2, 0.25) is 11.8 Å². The molecule has 2 spiro atoms. The second kappa shape index (κ2) is 4.40. The number of piperazine rings is 1. The van der Waals surface area contributed by atoms with Crippen molar-refractivity contribution in [3.8, 4) is 0 Å². The second-order valence-corrected chi connectivity index (χ2v) is 9.68. The summed E-state index contributed by atoms with van der Waals surface area (Å²) in [6, 6.07) is 8.31. The van der Waals surface area contributed by atoms with Crippen LogP contribution in [0.15, 0.2) is 24.3 Å². The zero-order valence-corrected chi connectivity index (χ0v) is 16.1. The minimum Gasteiger partial charge on any atom is -0.358 e. The number of carbonyl (C=O) groups is 2. The molecule has 5 aliphatic rings. The van der Waals surface area contributed by atoms with Gasteiger partial charge in [0, 0.05) is 40.9 Å². The van der Waals surface area contributed by atoms with E-state index in [1.165, 1.54) is 16.6 Å². The summed E-state index contributed by atoms with van der Waals surface area (Å²) in [6.07, 6.45) is 2.27. The van der Waals surface area contributed by atoms with E-state index in [1.54, 1.807) is 0 Å². The van der Waals surface area contributed by atoms with Gasteiger partial charge in [-0.05, 0) is 30.4 Å². The monoisotopic (exact) mass is 363 g/mol. The van der Waals surface area contributed by atoms with Gasteiger partial charge in [0.05, 0.1) is 0 Å². The summed E-state index contributed by atoms with van der Waals surface area (Å²) >= 11 is 0. The number of fused-ring (bicyclic) bond motifs is 4. The van der Waals surface area contributed by atoms with E-state index in [0.29, 0.717) is 13.0 Å². The topological polar surface area (TPSA) is 65.2 Å². The SMILES string of the molecule is C[C@H]1CCN2C(=O)[C@]34Cc5c([nH]c6ccccc56)C(C)(C)[C@H]3C[C@]12C(=O)N4. The van der Waals surface area contributed by atoms with Crippen molar-refractivity contribution in [1.29, 1.82) is 0 Å². The van der Waals surface area contributed by atoms with E-state index < -0.39 is 11.1 Å². The Bertz CT molecular complexity index is 1040. The first-order chi connectivity index (χ1) is 12.8. The van der Waals surface area contributed by atoms with Crippen LogP contribution in [0.5, 0.6) is 0 Å². The third-order valence-corrected chi connectivity index (χ3v) is 8.33. The van der Waals surface area contributed by atoms with Crippen molar-refractivity contribution < 1.29 is 9.59 Å². The Balaban J connectivity index is 1.63. The highest BCUT2D eigenvalue weighted by Crippen LogP contribution is 2.60. The Morgan fingerprint density at radius 1 is 1.19 bits per heavy atom. The van der Waals surface area contributed by atoms with Gasteiger partial charge in [0.15, 0.2) is 0 Å². The number of nitrogens with zero attached hydrogens (tertiary/aromatic N) is 1. The zero-order valence-electron chi connectivity index (χ0n) is 16.1. The molecule has 1 aliphatic carbocycles. The van der Waals surface area contributed by atoms with E-state index in [1.807, 2.05) is 17.0 Å². The number of para-hydroxylation sites is 1. The van der Waals surface area contributed by atoms with Gasteiger partial charge in [-0.15, -0.1) is 0 Å². The van der Waals surface area contributed by atoms with Crippen LogP contribution in [-0.4, -0.2) is 39.3 Å². The number of amides is 2. The van der Waals surface area contributed by atoms with Crippen LogP contribution in [0.1, 0.15) is 44.9 Å². The number of benzene rings is 1. The highest BCUT2D eigenvalue weighted by atomic mass is 16.2. The summed E-state index contributed by atoms with van der Waals surface area (Å²) in [7, 11) is 0. The summed E-state index contributed by atoms with van der Waals surface area (Å²) in [5.74, 6) is 0.529. The van der Waals surface area contributed by atoms with E-state index >= 15 is 0 Å². The Hall–Kier alpha value is -2.30. The molecule has 5 nitrogen and oxygen atoms in total. The smallest absolute Gasteiger partial charge is 0.249 e. The van der Waals surface area contributed by atoms with Crippen LogP contribution in [0, 0.1) is 11.8 Å². The third kappa shape index (κ3) is 1.48. The molecule has 1 aromatic carbocycles. The van der Waals surface area contributed by atoms with E-state index in [9.17, 15) is 9.59 Å². The summed E-state index contributed by atoms with van der Waals surface area (Å²) in [5.41, 5.74) is 1.89. The molecule has 4 aliphatic heterocycles. The maximum absolute atomic E-state index is 13.8. The van der Waals surface area contributed by atoms with Gasteiger partial charge < -0.3 is 15.2 Å². The second-order valence-electron chi connectivity index (χ2n) is 9.68. The van der Waals surface area contributed by atoms with E-state index in [2.05, 4.69) is 43.2 Å². The van der Waals surface area contributed by atoms with Crippen LogP contribution in [0.25, 0.3) is 10.9 Å². The van der Waals surface area contributed by atoms with Gasteiger partial charge in [0.25, 0.3) is 0 Å². The van der Waals surface area contributed by atoms with Crippen molar-refractivity contribution >= 4 is 22.7 Å². The number of hydrogen-bond donors (Lipinski definition) is 2. The van der Waals surface area contributed by atoms with Crippen LogP contribution in [0.4, 0.5) is 0 Å². The number of H-pyrrole nitrogens is 1. The fraction of sp³-hybridized carbons (Fsp3) is 0.545. The van der Waals surface area contributed by atoms with Crippen LogP contribution < -0.4 is 5.32 Å². The molecule has 0 unspecified atom stereocenters. The molecule has 1 aromatic heterocycles. The fourth-order valence-electron chi connectivity index (χ4n) is 6.89. The number of nitrogens with one attached hydrogen (secondary N) is 2. The minimum absolute atomic E-state index is 0.0717. The Kier molecular flexibility index (Phi) is 2.56. The molecule has 5 heteroatoms. The fourth-order valence-corrected chi connectivity index (χ4v) is 6.89. The molecule has 0 saturated carbocycles. The Morgan fingerprint density at radius 3 is 2.78 bits per heavy atom. The Labute approximate surface area is 158 Å². The lowest BCUT2D eigenvalue weighted by atomic mass is 9.50. The van der Waals surface area contributed by atoms with Gasteiger partial charge in [-0.1, -0.05) is 39.0 Å². The molecule has 2 amide bonds. The van der Waals surface area contributed by atoms with Crippen molar-refractivity contribution in [2.75, 3.05) is 6.54 Å². The normalized spacial score (nSPS) is 38.6. The van der Waals surface area contributed by atoms with E-state index in [0.717, 1.165) is 18.4 Å². The van der Waals surface area contributed by atoms with Crippen molar-refractivity contribution in [3.05, 3.63) is 35.5 Å². The van der Waals surface area contributed by atoms with Gasteiger partial charge in [-0.3, -0.25) is 9.59 Å². The number of carbonyl (C=O) groups excluding carboxylic acids is 2. The Morgan fingerprint density at radius 2 is 1.96 bits per heavy atom. The quantitative estimate of drug-likeness (QED) is 0.755. The summed E-state index contributed by atoms with van der Waals surface area (Å²) in [5, 5.41) is 4.45. The molecule has 140 valence electrons. The molecule has 27 heavy (non-hydrogen) atoms. The van der Waals surface area contributed by atoms with Crippen LogP contribution in [0.2, 0.25) is 0 Å². The van der Waals surface area contributed by atoms with Crippen LogP contribution in [0.3, 0.4) is 0 Å². The number of piperidine rings is 2. The molecule has 2 aromatic rings. The molecular formula is C22H25N3O2. The average Bonchev–Trinajstić information content (AvgIpc) is 3.17. The first kappa shape index (κ1) is 15.7. The van der Waals surface area contributed by atoms with Gasteiger partial charge in [-0.2, -0.15) is 0 Å². The maximum Gasteiger partial charge on any atom is 0.249 e. The van der Waals surface area contributed by atoms with E-state index in [-0.39, 0.29) is 29.1 Å². The lowest BCUT2D eigenvalue weighted by Crippen LogP contribution is -2.85. The first-order valence-electron chi connectivity index (χ1n) is 10.1. The number of hydrogen-bond acceptors (Lipinski definition) is 2. The summed E-state index contributed by atoms with van der Waals surface area (Å²) in [6.45, 7) is 7.33. The van der Waals surface area contributed by atoms with Crippen molar-refractivity contribution in [2.45, 2.75) is 56.5 Å². The summed E-state index contributed by atoms with van der Waals surface area (Å²) < 4.78 is 0. The summed E-state index contributed by atoms with van der Waals surface area (Å²) in [4.78, 5) is 32.6. The van der Waals surface area contributed by atoms with Crippen molar-refractivity contribution in [3.63, 3.8) is 0 Å². The van der Waals surface area contributed by atoms with Crippen molar-refractivity contribution in [1.82, 2.24) is 15.2 Å². The molecular weight excluding hydrogens is 338 g/mol. The first-order valence-corrected chi connectivity index (χ1v) is 10.1. The highest BCUT2D eigenvalue weighted by molar-refractivity contribution is 6.06. The molecule has 5 heterocycles. The zero-order chi connectivity index (χ0) is 18.8. The van der Waals surface area contributed by atoms with E-state index in [4.69, 9.17) is 0 Å². The molecule has 2 bridgehead atoms. The average molecular weight is 363 g/mol. The van der Waals surface area contributed by atoms with Gasteiger partial charge in [-0.25, -0.2) is 0 Å². The van der Waals surface area contributed by atoms with Crippen molar-refractivity contribution in [2.24, 2.45) is 11.8 Å². The molecule has 4 saturated heterocycles. The molecule has 7 rings (SSSR count). The maximum atomic E-state index is 13.8. The molecule has 4 atom stereocenters. The van der Waals surface area contributed by atoms with Crippen LogP contribution in [-0.2, 0) is 21.4 Å². The lowest BCUT2D eigenvalue weighted by Gasteiger charge is -2.64.